The van der Waals surface area contributed by atoms with E-state index in [4.69, 9.17) is 26.8 Å². The number of thioether (sulfide) groups is 1. The molecule has 2 atom stereocenters. The van der Waals surface area contributed by atoms with E-state index in [0.29, 0.717) is 23.1 Å². The quantitative estimate of drug-likeness (QED) is 0.570. The zero-order chi connectivity index (χ0) is 14.3. The largest absolute Gasteiger partial charge is 0.398 e. The van der Waals surface area contributed by atoms with Crippen molar-refractivity contribution in [1.82, 2.24) is 0 Å². The van der Waals surface area contributed by atoms with Gasteiger partial charge in [-0.25, -0.2) is 0 Å². The molecule has 0 fully saturated rings. The Morgan fingerprint density at radius 2 is 2.16 bits per heavy atom. The Labute approximate surface area is 123 Å². The van der Waals surface area contributed by atoms with Crippen LogP contribution in [0.5, 0.6) is 0 Å². The van der Waals surface area contributed by atoms with Crippen LogP contribution in [-0.4, -0.2) is 43.4 Å². The van der Waals surface area contributed by atoms with E-state index >= 15 is 0 Å². The molecule has 0 bridgehead atoms. The summed E-state index contributed by atoms with van der Waals surface area (Å²) in [6.45, 7) is 2.68. The SMILES string of the molecule is COCC(C)OCC(O)CSc1c(N)cccc1Cl. The van der Waals surface area contributed by atoms with Crippen LogP contribution in [-0.2, 0) is 9.47 Å². The summed E-state index contributed by atoms with van der Waals surface area (Å²) < 4.78 is 10.4. The Hall–Kier alpha value is -0.460. The van der Waals surface area contributed by atoms with Gasteiger partial charge in [-0.1, -0.05) is 17.7 Å². The predicted octanol–water partition coefficient (Wildman–Crippen LogP) is 2.43. The Morgan fingerprint density at radius 1 is 1.42 bits per heavy atom. The number of aliphatic hydroxyl groups excluding tert-OH is 1. The van der Waals surface area contributed by atoms with Gasteiger partial charge in [0.25, 0.3) is 0 Å². The fourth-order valence-electron chi connectivity index (χ4n) is 1.46. The van der Waals surface area contributed by atoms with Gasteiger partial charge >= 0.3 is 0 Å². The Morgan fingerprint density at radius 3 is 2.79 bits per heavy atom. The van der Waals surface area contributed by atoms with Gasteiger partial charge in [0.05, 0.1) is 30.4 Å². The third-order valence-corrected chi connectivity index (χ3v) is 4.11. The number of halogens is 1. The van der Waals surface area contributed by atoms with E-state index in [1.165, 1.54) is 11.8 Å². The third-order valence-electron chi connectivity index (χ3n) is 2.39. The van der Waals surface area contributed by atoms with Crippen LogP contribution in [0.25, 0.3) is 0 Å². The first-order valence-corrected chi connectivity index (χ1v) is 7.36. The molecule has 0 amide bonds. The van der Waals surface area contributed by atoms with Gasteiger partial charge in [0, 0.05) is 23.4 Å². The van der Waals surface area contributed by atoms with E-state index in [1.54, 1.807) is 25.3 Å². The summed E-state index contributed by atoms with van der Waals surface area (Å²) in [5.41, 5.74) is 6.46. The molecule has 0 spiro atoms. The van der Waals surface area contributed by atoms with Crippen LogP contribution in [0.15, 0.2) is 23.1 Å². The molecule has 0 aromatic heterocycles. The van der Waals surface area contributed by atoms with Crippen molar-refractivity contribution in [3.05, 3.63) is 23.2 Å². The van der Waals surface area contributed by atoms with E-state index in [1.807, 2.05) is 6.92 Å². The van der Waals surface area contributed by atoms with Crippen molar-refractivity contribution in [3.63, 3.8) is 0 Å². The van der Waals surface area contributed by atoms with Crippen LogP contribution in [0.2, 0.25) is 5.02 Å². The molecule has 0 aliphatic rings. The number of ether oxygens (including phenoxy) is 2. The van der Waals surface area contributed by atoms with Crippen molar-refractivity contribution >= 4 is 29.1 Å². The van der Waals surface area contributed by atoms with Crippen molar-refractivity contribution in [2.24, 2.45) is 0 Å². The maximum absolute atomic E-state index is 9.84. The predicted molar refractivity (Wildman–Crippen MR) is 79.9 cm³/mol. The second-order valence-electron chi connectivity index (χ2n) is 4.22. The number of benzene rings is 1. The summed E-state index contributed by atoms with van der Waals surface area (Å²) in [6.07, 6.45) is -0.602. The lowest BCUT2D eigenvalue weighted by Crippen LogP contribution is -2.24. The molecule has 0 radical (unpaired) electrons. The standard InChI is InChI=1S/C13H20ClNO3S/c1-9(6-17-2)18-7-10(16)8-19-13-11(14)4-3-5-12(13)15/h3-5,9-10,16H,6-8,15H2,1-2H3. The summed E-state index contributed by atoms with van der Waals surface area (Å²) in [7, 11) is 1.62. The van der Waals surface area contributed by atoms with Gasteiger partial charge in [-0.15, -0.1) is 11.8 Å². The minimum atomic E-state index is -0.569. The first kappa shape index (κ1) is 16.6. The maximum Gasteiger partial charge on any atom is 0.0867 e. The lowest BCUT2D eigenvalue weighted by molar-refractivity contribution is -0.0257. The molecular formula is C13H20ClNO3S. The molecule has 2 unspecified atom stereocenters. The molecule has 6 heteroatoms. The second-order valence-corrected chi connectivity index (χ2v) is 5.66. The number of nitrogens with two attached hydrogens (primary N) is 1. The summed E-state index contributed by atoms with van der Waals surface area (Å²) in [4.78, 5) is 0.799. The third kappa shape index (κ3) is 6.01. The highest BCUT2D eigenvalue weighted by molar-refractivity contribution is 7.99. The monoisotopic (exact) mass is 305 g/mol. The number of nitrogen functional groups attached to an aromatic ring is 1. The van der Waals surface area contributed by atoms with Gasteiger partial charge in [-0.2, -0.15) is 0 Å². The Kier molecular flexibility index (Phi) is 7.56. The van der Waals surface area contributed by atoms with Crippen molar-refractivity contribution in [2.45, 2.75) is 24.0 Å². The average molecular weight is 306 g/mol. The van der Waals surface area contributed by atoms with Crippen LogP contribution in [0.4, 0.5) is 5.69 Å². The maximum atomic E-state index is 9.84. The van der Waals surface area contributed by atoms with Crippen LogP contribution in [0.1, 0.15) is 6.92 Å². The zero-order valence-corrected chi connectivity index (χ0v) is 12.7. The summed E-state index contributed by atoms with van der Waals surface area (Å²) in [5.74, 6) is 0.480. The van der Waals surface area contributed by atoms with Gasteiger partial charge in [0.1, 0.15) is 0 Å². The van der Waals surface area contributed by atoms with Crippen LogP contribution in [0.3, 0.4) is 0 Å². The topological polar surface area (TPSA) is 64.7 Å². The fourth-order valence-corrected chi connectivity index (χ4v) is 2.71. The molecule has 108 valence electrons. The van der Waals surface area contributed by atoms with Crippen LogP contribution >= 0.6 is 23.4 Å². The summed E-state index contributed by atoms with van der Waals surface area (Å²) in [5, 5.41) is 10.4. The van der Waals surface area contributed by atoms with Gasteiger partial charge in [-0.05, 0) is 19.1 Å². The number of hydrogen-bond acceptors (Lipinski definition) is 5. The van der Waals surface area contributed by atoms with E-state index in [0.717, 1.165) is 4.90 Å². The van der Waals surface area contributed by atoms with E-state index < -0.39 is 6.10 Å². The Balaban J connectivity index is 2.36. The zero-order valence-electron chi connectivity index (χ0n) is 11.1. The molecule has 0 aliphatic carbocycles. The first-order chi connectivity index (χ1) is 9.04. The van der Waals surface area contributed by atoms with Gasteiger partial charge < -0.3 is 20.3 Å². The minimum Gasteiger partial charge on any atom is -0.398 e. The minimum absolute atomic E-state index is 0.0324. The second kappa shape index (κ2) is 8.66. The Bertz CT molecular complexity index is 372. The highest BCUT2D eigenvalue weighted by atomic mass is 35.5. The molecule has 4 nitrogen and oxygen atoms in total. The molecule has 1 aromatic rings. The molecule has 1 rings (SSSR count). The number of rotatable bonds is 8. The number of anilines is 1. The highest BCUT2D eigenvalue weighted by Crippen LogP contribution is 2.32. The molecule has 0 aliphatic heterocycles. The summed E-state index contributed by atoms with van der Waals surface area (Å²) in [6, 6.07) is 5.37. The molecule has 0 heterocycles. The van der Waals surface area contributed by atoms with E-state index in [2.05, 4.69) is 0 Å². The number of hydrogen-bond donors (Lipinski definition) is 2. The molecule has 0 saturated carbocycles. The van der Waals surface area contributed by atoms with Gasteiger partial charge in [0.2, 0.25) is 0 Å². The first-order valence-electron chi connectivity index (χ1n) is 6.00. The normalized spacial score (nSPS) is 14.3. The van der Waals surface area contributed by atoms with Crippen molar-refractivity contribution < 1.29 is 14.6 Å². The van der Waals surface area contributed by atoms with Gasteiger partial charge in [-0.3, -0.25) is 0 Å². The van der Waals surface area contributed by atoms with E-state index in [9.17, 15) is 5.11 Å². The smallest absolute Gasteiger partial charge is 0.0867 e. The fraction of sp³-hybridized carbons (Fsp3) is 0.538. The molecule has 1 aromatic carbocycles. The lowest BCUT2D eigenvalue weighted by atomic mass is 10.3. The van der Waals surface area contributed by atoms with Crippen molar-refractivity contribution in [1.29, 1.82) is 0 Å². The van der Waals surface area contributed by atoms with E-state index in [-0.39, 0.29) is 12.7 Å². The number of aliphatic hydroxyl groups is 1. The number of methoxy groups -OCH3 is 1. The molecule has 0 saturated heterocycles. The van der Waals surface area contributed by atoms with Crippen molar-refractivity contribution in [2.75, 3.05) is 31.8 Å². The van der Waals surface area contributed by atoms with Gasteiger partial charge in [0.15, 0.2) is 0 Å². The highest BCUT2D eigenvalue weighted by Gasteiger charge is 2.11. The lowest BCUT2D eigenvalue weighted by Gasteiger charge is -2.16. The summed E-state index contributed by atoms with van der Waals surface area (Å²) >= 11 is 7.48. The molecule has 19 heavy (non-hydrogen) atoms. The molecular weight excluding hydrogens is 286 g/mol. The molecule has 3 N–H and O–H groups in total. The van der Waals surface area contributed by atoms with Crippen LogP contribution in [0, 0.1) is 0 Å². The van der Waals surface area contributed by atoms with Crippen LogP contribution < -0.4 is 5.73 Å². The van der Waals surface area contributed by atoms with Crippen molar-refractivity contribution in [3.8, 4) is 0 Å². The average Bonchev–Trinajstić information content (AvgIpc) is 2.36.